The summed E-state index contributed by atoms with van der Waals surface area (Å²) in [5.41, 5.74) is 2.44. The number of nitrogens with one attached hydrogen (secondary N) is 1. The number of rotatable bonds is 3. The van der Waals surface area contributed by atoms with Crippen molar-refractivity contribution in [3.63, 3.8) is 0 Å². The molecule has 4 heteroatoms. The molecule has 0 spiro atoms. The van der Waals surface area contributed by atoms with Gasteiger partial charge in [-0.25, -0.2) is 9.37 Å². The second-order valence-corrected chi connectivity index (χ2v) is 4.55. The molecule has 3 aromatic rings. The van der Waals surface area contributed by atoms with E-state index in [1.807, 2.05) is 41.1 Å². The van der Waals surface area contributed by atoms with Crippen LogP contribution >= 0.6 is 0 Å². The largest absolute Gasteiger partial charge is 0.325 e. The predicted molar refractivity (Wildman–Crippen MR) is 78.0 cm³/mol. The zero-order chi connectivity index (χ0) is 13.9. The molecule has 0 atom stereocenters. The van der Waals surface area contributed by atoms with E-state index in [-0.39, 0.29) is 5.82 Å². The zero-order valence-corrected chi connectivity index (χ0v) is 11.0. The van der Waals surface area contributed by atoms with Crippen LogP contribution in [0.5, 0.6) is 0 Å². The van der Waals surface area contributed by atoms with E-state index in [2.05, 4.69) is 10.3 Å². The smallest absolute Gasteiger partial charge is 0.212 e. The van der Waals surface area contributed by atoms with Crippen molar-refractivity contribution in [3.05, 3.63) is 72.3 Å². The Balaban J connectivity index is 1.95. The Morgan fingerprint density at radius 2 is 1.90 bits per heavy atom. The van der Waals surface area contributed by atoms with E-state index in [0.29, 0.717) is 11.5 Å². The van der Waals surface area contributed by atoms with Crippen LogP contribution < -0.4 is 5.32 Å². The van der Waals surface area contributed by atoms with E-state index in [1.54, 1.807) is 25.3 Å². The zero-order valence-electron chi connectivity index (χ0n) is 11.0. The number of anilines is 2. The molecule has 1 aromatic heterocycles. The quantitative estimate of drug-likeness (QED) is 0.775. The van der Waals surface area contributed by atoms with Gasteiger partial charge in [-0.2, -0.15) is 0 Å². The number of halogens is 1. The molecule has 0 saturated carbocycles. The Morgan fingerprint density at radius 1 is 1.10 bits per heavy atom. The first-order valence-corrected chi connectivity index (χ1v) is 6.36. The van der Waals surface area contributed by atoms with Crippen LogP contribution in [0.3, 0.4) is 0 Å². The van der Waals surface area contributed by atoms with Crippen molar-refractivity contribution in [2.45, 2.75) is 6.92 Å². The lowest BCUT2D eigenvalue weighted by Gasteiger charge is -2.10. The van der Waals surface area contributed by atoms with Crippen molar-refractivity contribution in [2.75, 3.05) is 5.32 Å². The fourth-order valence-corrected chi connectivity index (χ4v) is 2.03. The van der Waals surface area contributed by atoms with Gasteiger partial charge in [-0.1, -0.05) is 18.2 Å². The normalized spacial score (nSPS) is 10.5. The molecule has 0 aliphatic carbocycles. The van der Waals surface area contributed by atoms with Crippen LogP contribution in [0.25, 0.3) is 5.69 Å². The molecule has 0 amide bonds. The van der Waals surface area contributed by atoms with E-state index in [1.165, 1.54) is 6.07 Å². The molecule has 0 aliphatic heterocycles. The number of para-hydroxylation sites is 1. The van der Waals surface area contributed by atoms with E-state index >= 15 is 0 Å². The maximum absolute atomic E-state index is 13.3. The number of hydrogen-bond acceptors (Lipinski definition) is 2. The summed E-state index contributed by atoms with van der Waals surface area (Å²) in [6, 6.07) is 14.8. The highest BCUT2D eigenvalue weighted by atomic mass is 19.1. The lowest BCUT2D eigenvalue weighted by atomic mass is 10.2. The van der Waals surface area contributed by atoms with Gasteiger partial charge in [-0.05, 0) is 42.8 Å². The minimum atomic E-state index is -0.202. The van der Waals surface area contributed by atoms with Gasteiger partial charge in [0.25, 0.3) is 0 Å². The van der Waals surface area contributed by atoms with E-state index < -0.39 is 0 Å². The van der Waals surface area contributed by atoms with Gasteiger partial charge in [-0.3, -0.25) is 4.57 Å². The molecule has 0 saturated heterocycles. The third-order valence-corrected chi connectivity index (χ3v) is 3.09. The monoisotopic (exact) mass is 267 g/mol. The third kappa shape index (κ3) is 2.40. The minimum absolute atomic E-state index is 0.202. The maximum Gasteiger partial charge on any atom is 0.212 e. The van der Waals surface area contributed by atoms with Gasteiger partial charge in [0, 0.05) is 23.8 Å². The Labute approximate surface area is 116 Å². The standard InChI is InChI=1S/C16H14FN3/c1-12-11-14(7-8-15(12)17)20-10-9-18-16(20)19-13-5-3-2-4-6-13/h2-11H,1H3,(H,18,19). The van der Waals surface area contributed by atoms with E-state index in [9.17, 15) is 4.39 Å². The highest BCUT2D eigenvalue weighted by Gasteiger charge is 2.06. The first kappa shape index (κ1) is 12.4. The van der Waals surface area contributed by atoms with Gasteiger partial charge < -0.3 is 5.32 Å². The van der Waals surface area contributed by atoms with Crippen LogP contribution in [0.2, 0.25) is 0 Å². The number of hydrogen-bond donors (Lipinski definition) is 1. The third-order valence-electron chi connectivity index (χ3n) is 3.09. The predicted octanol–water partition coefficient (Wildman–Crippen LogP) is 4.06. The maximum atomic E-state index is 13.3. The average molecular weight is 267 g/mol. The Morgan fingerprint density at radius 3 is 2.65 bits per heavy atom. The summed E-state index contributed by atoms with van der Waals surface area (Å²) in [5.74, 6) is 0.494. The summed E-state index contributed by atoms with van der Waals surface area (Å²) in [6.07, 6.45) is 3.56. The molecule has 20 heavy (non-hydrogen) atoms. The van der Waals surface area contributed by atoms with Crippen molar-refractivity contribution in [3.8, 4) is 5.69 Å². The van der Waals surface area contributed by atoms with Gasteiger partial charge in [0.2, 0.25) is 5.95 Å². The van der Waals surface area contributed by atoms with Crippen LogP contribution in [-0.2, 0) is 0 Å². The van der Waals surface area contributed by atoms with Gasteiger partial charge in [-0.15, -0.1) is 0 Å². The molecule has 3 rings (SSSR count). The molecule has 3 nitrogen and oxygen atoms in total. The van der Waals surface area contributed by atoms with Crippen molar-refractivity contribution in [1.29, 1.82) is 0 Å². The van der Waals surface area contributed by atoms with Gasteiger partial charge in [0.1, 0.15) is 5.82 Å². The number of aryl methyl sites for hydroxylation is 1. The summed E-state index contributed by atoms with van der Waals surface area (Å²) in [5, 5.41) is 3.24. The Bertz CT molecular complexity index is 720. The Kier molecular flexibility index (Phi) is 3.21. The second kappa shape index (κ2) is 5.17. The molecule has 1 N–H and O–H groups in total. The van der Waals surface area contributed by atoms with Crippen LogP contribution in [0.15, 0.2) is 60.9 Å². The number of aromatic nitrogens is 2. The topological polar surface area (TPSA) is 29.9 Å². The number of nitrogens with zero attached hydrogens (tertiary/aromatic N) is 2. The lowest BCUT2D eigenvalue weighted by molar-refractivity contribution is 0.618. The average Bonchev–Trinajstić information content (AvgIpc) is 2.91. The summed E-state index contributed by atoms with van der Waals surface area (Å²) < 4.78 is 15.2. The SMILES string of the molecule is Cc1cc(-n2ccnc2Nc2ccccc2)ccc1F. The molecular formula is C16H14FN3. The summed E-state index contributed by atoms with van der Waals surface area (Å²) >= 11 is 0. The molecule has 0 unspecified atom stereocenters. The highest BCUT2D eigenvalue weighted by Crippen LogP contribution is 2.20. The number of imidazole rings is 1. The minimum Gasteiger partial charge on any atom is -0.325 e. The molecule has 1 heterocycles. The first-order valence-electron chi connectivity index (χ1n) is 6.36. The van der Waals surface area contributed by atoms with Crippen LogP contribution in [0.1, 0.15) is 5.56 Å². The molecule has 2 aromatic carbocycles. The summed E-state index contributed by atoms with van der Waals surface area (Å²) in [7, 11) is 0. The lowest BCUT2D eigenvalue weighted by Crippen LogP contribution is -2.01. The molecule has 0 radical (unpaired) electrons. The first-order chi connectivity index (χ1) is 9.74. The molecular weight excluding hydrogens is 253 g/mol. The molecule has 100 valence electrons. The van der Waals surface area contributed by atoms with Crippen LogP contribution in [0.4, 0.5) is 16.0 Å². The fraction of sp³-hybridized carbons (Fsp3) is 0.0625. The fourth-order valence-electron chi connectivity index (χ4n) is 2.03. The van der Waals surface area contributed by atoms with Crippen molar-refractivity contribution < 1.29 is 4.39 Å². The molecule has 0 bridgehead atoms. The van der Waals surface area contributed by atoms with Gasteiger partial charge >= 0.3 is 0 Å². The van der Waals surface area contributed by atoms with Crippen molar-refractivity contribution in [1.82, 2.24) is 9.55 Å². The second-order valence-electron chi connectivity index (χ2n) is 4.55. The van der Waals surface area contributed by atoms with Crippen molar-refractivity contribution in [2.24, 2.45) is 0 Å². The summed E-state index contributed by atoms with van der Waals surface area (Å²) in [6.45, 7) is 1.75. The van der Waals surface area contributed by atoms with Gasteiger partial charge in [0.05, 0.1) is 0 Å². The number of benzene rings is 2. The van der Waals surface area contributed by atoms with E-state index in [4.69, 9.17) is 0 Å². The van der Waals surface area contributed by atoms with Gasteiger partial charge in [0.15, 0.2) is 0 Å². The van der Waals surface area contributed by atoms with Crippen LogP contribution in [0, 0.1) is 12.7 Å². The molecule has 0 aliphatic rings. The highest BCUT2D eigenvalue weighted by molar-refractivity contribution is 5.56. The van der Waals surface area contributed by atoms with Crippen LogP contribution in [-0.4, -0.2) is 9.55 Å². The van der Waals surface area contributed by atoms with E-state index in [0.717, 1.165) is 11.4 Å². The Hall–Kier alpha value is -2.62. The van der Waals surface area contributed by atoms with Crippen molar-refractivity contribution >= 4 is 11.6 Å². The summed E-state index contributed by atoms with van der Waals surface area (Å²) in [4.78, 5) is 4.30. The molecule has 0 fully saturated rings.